The number of nitrogens with one attached hydrogen (secondary N) is 1. The quantitative estimate of drug-likeness (QED) is 0.825. The monoisotopic (exact) mass is 237 g/mol. The summed E-state index contributed by atoms with van der Waals surface area (Å²) in [6, 6.07) is 6.33. The number of likely N-dealkylation sites (N-methyl/N-ethyl adjacent to an activating group) is 1. The van der Waals surface area contributed by atoms with E-state index in [1.165, 1.54) is 5.56 Å². The van der Waals surface area contributed by atoms with Crippen molar-refractivity contribution in [2.45, 2.75) is 39.3 Å². The lowest BCUT2D eigenvalue weighted by Crippen LogP contribution is -2.38. The summed E-state index contributed by atoms with van der Waals surface area (Å²) in [5.41, 5.74) is 1.17. The number of ether oxygens (including phenoxy) is 2. The summed E-state index contributed by atoms with van der Waals surface area (Å²) in [5, 5.41) is 3.25. The molecule has 0 bridgehead atoms. The van der Waals surface area contributed by atoms with Crippen LogP contribution in [-0.2, 0) is 0 Å². The van der Waals surface area contributed by atoms with Gasteiger partial charge in [-0.3, -0.25) is 0 Å². The molecule has 0 aliphatic carbocycles. The van der Waals surface area contributed by atoms with E-state index in [2.05, 4.69) is 19.2 Å². The highest BCUT2D eigenvalue weighted by Gasteiger charge is 2.16. The van der Waals surface area contributed by atoms with E-state index in [0.29, 0.717) is 6.04 Å². The highest BCUT2D eigenvalue weighted by molar-refractivity contribution is 5.42. The maximum Gasteiger partial charge on any atom is 0.161 e. The molecule has 0 aromatic heterocycles. The van der Waals surface area contributed by atoms with Crippen molar-refractivity contribution in [2.24, 2.45) is 0 Å². The van der Waals surface area contributed by atoms with E-state index in [4.69, 9.17) is 9.47 Å². The third kappa shape index (κ3) is 3.63. The molecule has 0 saturated carbocycles. The van der Waals surface area contributed by atoms with E-state index in [-0.39, 0.29) is 6.10 Å². The lowest BCUT2D eigenvalue weighted by Gasteiger charge is -2.24. The first-order valence-corrected chi connectivity index (χ1v) is 6.10. The second kappa shape index (κ2) is 6.50. The number of benzene rings is 1. The molecular formula is C14H23NO2. The SMILES string of the molecule is CCC(NC)C(C)Oc1ccc(C)cc1OC. The van der Waals surface area contributed by atoms with Gasteiger partial charge in [0.15, 0.2) is 11.5 Å². The van der Waals surface area contributed by atoms with Crippen molar-refractivity contribution < 1.29 is 9.47 Å². The molecule has 0 radical (unpaired) electrons. The van der Waals surface area contributed by atoms with E-state index >= 15 is 0 Å². The third-order valence-corrected chi connectivity index (χ3v) is 3.01. The van der Waals surface area contributed by atoms with E-state index in [1.807, 2.05) is 32.2 Å². The number of aryl methyl sites for hydroxylation is 1. The molecule has 1 aromatic carbocycles. The number of rotatable bonds is 6. The molecule has 0 saturated heterocycles. The summed E-state index contributed by atoms with van der Waals surface area (Å²) in [6.07, 6.45) is 1.15. The molecule has 96 valence electrons. The van der Waals surface area contributed by atoms with Gasteiger partial charge < -0.3 is 14.8 Å². The van der Waals surface area contributed by atoms with E-state index < -0.39 is 0 Å². The Labute approximate surface area is 104 Å². The topological polar surface area (TPSA) is 30.5 Å². The van der Waals surface area contributed by atoms with Gasteiger partial charge in [-0.2, -0.15) is 0 Å². The number of hydrogen-bond donors (Lipinski definition) is 1. The second-order valence-corrected chi connectivity index (χ2v) is 4.28. The average Bonchev–Trinajstić information content (AvgIpc) is 2.33. The molecule has 0 heterocycles. The highest BCUT2D eigenvalue weighted by atomic mass is 16.5. The molecule has 3 nitrogen and oxygen atoms in total. The van der Waals surface area contributed by atoms with E-state index in [9.17, 15) is 0 Å². The van der Waals surface area contributed by atoms with Gasteiger partial charge in [0.05, 0.1) is 7.11 Å². The maximum atomic E-state index is 5.95. The van der Waals surface area contributed by atoms with Gasteiger partial charge >= 0.3 is 0 Å². The zero-order chi connectivity index (χ0) is 12.8. The van der Waals surface area contributed by atoms with Crippen LogP contribution in [0.1, 0.15) is 25.8 Å². The zero-order valence-corrected chi connectivity index (χ0v) is 11.4. The molecule has 1 N–H and O–H groups in total. The van der Waals surface area contributed by atoms with Crippen molar-refractivity contribution in [3.8, 4) is 11.5 Å². The lowest BCUT2D eigenvalue weighted by molar-refractivity contribution is 0.165. The van der Waals surface area contributed by atoms with Gasteiger partial charge in [0, 0.05) is 6.04 Å². The molecule has 2 atom stereocenters. The Morgan fingerprint density at radius 1 is 1.29 bits per heavy atom. The lowest BCUT2D eigenvalue weighted by atomic mass is 10.1. The Hall–Kier alpha value is -1.22. The van der Waals surface area contributed by atoms with E-state index in [0.717, 1.165) is 17.9 Å². The van der Waals surface area contributed by atoms with Crippen LogP contribution < -0.4 is 14.8 Å². The summed E-state index contributed by atoms with van der Waals surface area (Å²) in [6.45, 7) is 6.26. The highest BCUT2D eigenvalue weighted by Crippen LogP contribution is 2.29. The Morgan fingerprint density at radius 3 is 2.53 bits per heavy atom. The smallest absolute Gasteiger partial charge is 0.161 e. The van der Waals surface area contributed by atoms with E-state index in [1.54, 1.807) is 7.11 Å². The first-order valence-electron chi connectivity index (χ1n) is 6.10. The Kier molecular flexibility index (Phi) is 5.29. The minimum atomic E-state index is 0.113. The largest absolute Gasteiger partial charge is 0.493 e. The van der Waals surface area contributed by atoms with Crippen LogP contribution >= 0.6 is 0 Å². The molecule has 1 rings (SSSR count). The van der Waals surface area contributed by atoms with Gasteiger partial charge in [0.25, 0.3) is 0 Å². The molecule has 0 aliphatic rings. The van der Waals surface area contributed by atoms with Crippen LogP contribution in [0.25, 0.3) is 0 Å². The average molecular weight is 237 g/mol. The van der Waals surface area contributed by atoms with Gasteiger partial charge in [-0.25, -0.2) is 0 Å². The van der Waals surface area contributed by atoms with Crippen LogP contribution in [0.3, 0.4) is 0 Å². The van der Waals surface area contributed by atoms with Gasteiger partial charge in [-0.05, 0) is 45.0 Å². The molecule has 0 aliphatic heterocycles. The molecule has 0 spiro atoms. The number of hydrogen-bond acceptors (Lipinski definition) is 3. The third-order valence-electron chi connectivity index (χ3n) is 3.01. The second-order valence-electron chi connectivity index (χ2n) is 4.28. The van der Waals surface area contributed by atoms with Crippen LogP contribution in [0.4, 0.5) is 0 Å². The summed E-state index contributed by atoms with van der Waals surface area (Å²) in [4.78, 5) is 0. The van der Waals surface area contributed by atoms with Crippen LogP contribution in [0.2, 0.25) is 0 Å². The fraction of sp³-hybridized carbons (Fsp3) is 0.571. The van der Waals surface area contributed by atoms with Crippen molar-refractivity contribution in [2.75, 3.05) is 14.2 Å². The maximum absolute atomic E-state index is 5.95. The molecular weight excluding hydrogens is 214 g/mol. The molecule has 17 heavy (non-hydrogen) atoms. The fourth-order valence-corrected chi connectivity index (χ4v) is 1.93. The molecule has 2 unspecified atom stereocenters. The van der Waals surface area contributed by atoms with Crippen molar-refractivity contribution in [1.82, 2.24) is 5.32 Å². The van der Waals surface area contributed by atoms with Gasteiger partial charge in [0.2, 0.25) is 0 Å². The zero-order valence-electron chi connectivity index (χ0n) is 11.4. The predicted molar refractivity (Wildman–Crippen MR) is 71.0 cm³/mol. The van der Waals surface area contributed by atoms with Crippen LogP contribution in [0, 0.1) is 6.92 Å². The fourth-order valence-electron chi connectivity index (χ4n) is 1.93. The predicted octanol–water partition coefficient (Wildman–Crippen LogP) is 2.77. The minimum absolute atomic E-state index is 0.113. The van der Waals surface area contributed by atoms with Gasteiger partial charge in [0.1, 0.15) is 6.10 Å². The van der Waals surface area contributed by atoms with Crippen LogP contribution in [0.15, 0.2) is 18.2 Å². The summed E-state index contributed by atoms with van der Waals surface area (Å²) < 4.78 is 11.3. The molecule has 1 aromatic rings. The van der Waals surface area contributed by atoms with Gasteiger partial charge in [-0.15, -0.1) is 0 Å². The standard InChI is InChI=1S/C14H23NO2/c1-6-12(15-4)11(3)17-13-8-7-10(2)9-14(13)16-5/h7-9,11-12,15H,6H2,1-5H3. The Bertz CT molecular complexity index is 348. The first kappa shape index (κ1) is 13.8. The van der Waals surface area contributed by atoms with Crippen molar-refractivity contribution in [1.29, 1.82) is 0 Å². The number of methoxy groups -OCH3 is 1. The van der Waals surface area contributed by atoms with Crippen LogP contribution in [-0.4, -0.2) is 26.3 Å². The Morgan fingerprint density at radius 2 is 2.00 bits per heavy atom. The van der Waals surface area contributed by atoms with Gasteiger partial charge in [-0.1, -0.05) is 13.0 Å². The molecule has 3 heteroatoms. The van der Waals surface area contributed by atoms with Crippen LogP contribution in [0.5, 0.6) is 11.5 Å². The molecule has 0 fully saturated rings. The molecule has 0 amide bonds. The Balaban J connectivity index is 2.80. The first-order chi connectivity index (χ1) is 8.12. The minimum Gasteiger partial charge on any atom is -0.493 e. The normalized spacial score (nSPS) is 14.2. The summed E-state index contributed by atoms with van der Waals surface area (Å²) >= 11 is 0. The van der Waals surface area contributed by atoms with Crippen molar-refractivity contribution >= 4 is 0 Å². The van der Waals surface area contributed by atoms with Crippen molar-refractivity contribution in [3.05, 3.63) is 23.8 Å². The summed E-state index contributed by atoms with van der Waals surface area (Å²) in [5.74, 6) is 1.60. The van der Waals surface area contributed by atoms with Crippen molar-refractivity contribution in [3.63, 3.8) is 0 Å². The summed E-state index contributed by atoms with van der Waals surface area (Å²) in [7, 11) is 3.63.